The third-order valence-corrected chi connectivity index (χ3v) is 5.36. The number of sulfonamides is 1. The maximum atomic E-state index is 11.6. The molecule has 1 aliphatic heterocycles. The number of nitrogens with zero attached hydrogens (tertiary/aromatic N) is 2. The van der Waals surface area contributed by atoms with Gasteiger partial charge in [0.25, 0.3) is 0 Å². The molecule has 0 aromatic heterocycles. The molecule has 0 amide bonds. The fourth-order valence-corrected chi connectivity index (χ4v) is 4.27. The van der Waals surface area contributed by atoms with E-state index in [1.807, 2.05) is 0 Å². The van der Waals surface area contributed by atoms with Crippen molar-refractivity contribution < 1.29 is 8.42 Å². The van der Waals surface area contributed by atoms with Gasteiger partial charge in [0.2, 0.25) is 10.0 Å². The Hall–Kier alpha value is -1.01. The van der Waals surface area contributed by atoms with Crippen LogP contribution in [-0.2, 0) is 15.8 Å². The Morgan fingerprint density at radius 3 is 2.79 bits per heavy atom. The Labute approximate surface area is 119 Å². The molecule has 0 unspecified atom stereocenters. The summed E-state index contributed by atoms with van der Waals surface area (Å²) in [5, 5.41) is 0.614. The van der Waals surface area contributed by atoms with Gasteiger partial charge in [0, 0.05) is 5.75 Å². The lowest BCUT2D eigenvalue weighted by Crippen LogP contribution is -2.31. The highest BCUT2D eigenvalue weighted by atomic mass is 32.2. The predicted octanol–water partition coefficient (Wildman–Crippen LogP) is 2.17. The predicted molar refractivity (Wildman–Crippen MR) is 81.1 cm³/mol. The van der Waals surface area contributed by atoms with Crippen LogP contribution < -0.4 is 0 Å². The average molecular weight is 298 g/mol. The molecule has 19 heavy (non-hydrogen) atoms. The van der Waals surface area contributed by atoms with E-state index in [0.29, 0.717) is 18.3 Å². The minimum Gasteiger partial charge on any atom is -0.260 e. The second-order valence-corrected chi connectivity index (χ2v) is 7.57. The molecular weight excluding hydrogens is 280 g/mol. The molecule has 1 aromatic carbocycles. The van der Waals surface area contributed by atoms with Crippen LogP contribution in [0.25, 0.3) is 0 Å². The Morgan fingerprint density at radius 1 is 1.37 bits per heavy atom. The minimum absolute atomic E-state index is 0.466. The second-order valence-electron chi connectivity index (χ2n) is 4.72. The number of thioether (sulfide) groups is 1. The first kappa shape index (κ1) is 14.4. The van der Waals surface area contributed by atoms with Crippen molar-refractivity contribution in [1.82, 2.24) is 4.31 Å². The molecule has 104 valence electrons. The highest BCUT2D eigenvalue weighted by Crippen LogP contribution is 2.23. The summed E-state index contributed by atoms with van der Waals surface area (Å²) in [5.41, 5.74) is 3.67. The highest BCUT2D eigenvalue weighted by molar-refractivity contribution is 8.14. The number of aryl methyl sites for hydroxylation is 2. The van der Waals surface area contributed by atoms with E-state index in [9.17, 15) is 8.42 Å². The summed E-state index contributed by atoms with van der Waals surface area (Å²) >= 11 is 1.49. The summed E-state index contributed by atoms with van der Waals surface area (Å²) in [4.78, 5) is 4.28. The molecule has 0 fully saturated rings. The van der Waals surface area contributed by atoms with Crippen LogP contribution in [0.3, 0.4) is 0 Å². The van der Waals surface area contributed by atoms with Crippen molar-refractivity contribution in [1.29, 1.82) is 0 Å². The fourth-order valence-electron chi connectivity index (χ4n) is 1.93. The largest absolute Gasteiger partial charge is 0.260 e. The molecular formula is C13H18N2O2S2. The Kier molecular flexibility index (Phi) is 4.20. The maximum absolute atomic E-state index is 11.6. The van der Waals surface area contributed by atoms with Gasteiger partial charge in [-0.1, -0.05) is 35.5 Å². The van der Waals surface area contributed by atoms with Crippen LogP contribution in [-0.4, -0.2) is 37.2 Å². The minimum atomic E-state index is -3.19. The monoisotopic (exact) mass is 298 g/mol. The lowest BCUT2D eigenvalue weighted by molar-refractivity contribution is 0.547. The first-order chi connectivity index (χ1) is 8.88. The van der Waals surface area contributed by atoms with Gasteiger partial charge in [0.1, 0.15) is 0 Å². The lowest BCUT2D eigenvalue weighted by Gasteiger charge is -2.17. The van der Waals surface area contributed by atoms with E-state index in [2.05, 4.69) is 37.0 Å². The van der Waals surface area contributed by atoms with E-state index in [-0.39, 0.29) is 0 Å². The first-order valence-corrected chi connectivity index (χ1v) is 8.92. The van der Waals surface area contributed by atoms with Crippen molar-refractivity contribution in [2.24, 2.45) is 4.99 Å². The van der Waals surface area contributed by atoms with Crippen molar-refractivity contribution in [3.8, 4) is 0 Å². The fraction of sp³-hybridized carbons (Fsp3) is 0.462. The SMILES string of the molecule is Cc1ccc(C)c(CSC2=NCCN2S(C)(=O)=O)c1. The van der Waals surface area contributed by atoms with Crippen molar-refractivity contribution >= 4 is 27.0 Å². The van der Waals surface area contributed by atoms with Crippen molar-refractivity contribution in [2.45, 2.75) is 19.6 Å². The molecule has 4 nitrogen and oxygen atoms in total. The van der Waals surface area contributed by atoms with Gasteiger partial charge >= 0.3 is 0 Å². The Balaban J connectivity index is 2.09. The van der Waals surface area contributed by atoms with E-state index in [0.717, 1.165) is 5.75 Å². The summed E-state index contributed by atoms with van der Waals surface area (Å²) in [6.07, 6.45) is 1.23. The van der Waals surface area contributed by atoms with Crippen LogP contribution in [0.15, 0.2) is 23.2 Å². The summed E-state index contributed by atoms with van der Waals surface area (Å²) in [6, 6.07) is 6.32. The number of aliphatic imine (C=N–C) groups is 1. The molecule has 0 radical (unpaired) electrons. The number of hydrogen-bond acceptors (Lipinski definition) is 4. The summed E-state index contributed by atoms with van der Waals surface area (Å²) < 4.78 is 24.6. The molecule has 0 saturated carbocycles. The van der Waals surface area contributed by atoms with E-state index >= 15 is 0 Å². The van der Waals surface area contributed by atoms with E-state index in [4.69, 9.17) is 0 Å². The van der Waals surface area contributed by atoms with Gasteiger partial charge in [0.05, 0.1) is 19.3 Å². The third kappa shape index (κ3) is 3.51. The third-order valence-electron chi connectivity index (χ3n) is 3.03. The summed E-state index contributed by atoms with van der Waals surface area (Å²) in [6.45, 7) is 5.15. The van der Waals surface area contributed by atoms with Crippen molar-refractivity contribution in [3.63, 3.8) is 0 Å². The first-order valence-electron chi connectivity index (χ1n) is 6.09. The van der Waals surface area contributed by atoms with E-state index in [1.54, 1.807) is 0 Å². The lowest BCUT2D eigenvalue weighted by atomic mass is 10.1. The molecule has 1 heterocycles. The van der Waals surface area contributed by atoms with Crippen molar-refractivity contribution in [3.05, 3.63) is 34.9 Å². The van der Waals surface area contributed by atoms with Crippen molar-refractivity contribution in [2.75, 3.05) is 19.3 Å². The quantitative estimate of drug-likeness (QED) is 0.859. The normalized spacial score (nSPS) is 15.7. The highest BCUT2D eigenvalue weighted by Gasteiger charge is 2.25. The van der Waals surface area contributed by atoms with E-state index < -0.39 is 10.0 Å². The maximum Gasteiger partial charge on any atom is 0.233 e. The summed E-state index contributed by atoms with van der Waals surface area (Å²) in [7, 11) is -3.19. The van der Waals surface area contributed by atoms with Crippen LogP contribution in [0, 0.1) is 13.8 Å². The molecule has 0 bridgehead atoms. The molecule has 1 aliphatic rings. The summed E-state index contributed by atoms with van der Waals surface area (Å²) in [5.74, 6) is 0.748. The Bertz CT molecular complexity index is 609. The van der Waals surface area contributed by atoms with Gasteiger partial charge in [-0.2, -0.15) is 0 Å². The van der Waals surface area contributed by atoms with Crippen LogP contribution >= 0.6 is 11.8 Å². The van der Waals surface area contributed by atoms with Gasteiger partial charge in [-0.25, -0.2) is 12.7 Å². The zero-order valence-electron chi connectivity index (χ0n) is 11.4. The molecule has 0 spiro atoms. The van der Waals surface area contributed by atoms with Crippen LogP contribution in [0.1, 0.15) is 16.7 Å². The van der Waals surface area contributed by atoms with Crippen LogP contribution in [0.2, 0.25) is 0 Å². The van der Waals surface area contributed by atoms with Gasteiger partial charge in [-0.05, 0) is 25.0 Å². The number of benzene rings is 1. The zero-order valence-corrected chi connectivity index (χ0v) is 13.0. The molecule has 0 atom stereocenters. The molecule has 0 saturated heterocycles. The molecule has 2 rings (SSSR count). The number of hydrogen-bond donors (Lipinski definition) is 0. The zero-order chi connectivity index (χ0) is 14.0. The molecule has 1 aromatic rings. The van der Waals surface area contributed by atoms with Gasteiger partial charge in [-0.3, -0.25) is 4.99 Å². The molecule has 0 aliphatic carbocycles. The van der Waals surface area contributed by atoms with Gasteiger partial charge in [-0.15, -0.1) is 0 Å². The second kappa shape index (κ2) is 5.54. The van der Waals surface area contributed by atoms with Gasteiger partial charge < -0.3 is 0 Å². The van der Waals surface area contributed by atoms with E-state index in [1.165, 1.54) is 39.0 Å². The Morgan fingerprint density at radius 2 is 2.11 bits per heavy atom. The van der Waals surface area contributed by atoms with Crippen LogP contribution in [0.5, 0.6) is 0 Å². The number of rotatable bonds is 3. The topological polar surface area (TPSA) is 49.7 Å². The average Bonchev–Trinajstić information content (AvgIpc) is 2.78. The number of amidine groups is 1. The smallest absolute Gasteiger partial charge is 0.233 e. The van der Waals surface area contributed by atoms with Crippen LogP contribution in [0.4, 0.5) is 0 Å². The van der Waals surface area contributed by atoms with Gasteiger partial charge in [0.15, 0.2) is 5.17 Å². The molecule has 0 N–H and O–H groups in total. The standard InChI is InChI=1S/C13H18N2O2S2/c1-10-4-5-11(2)12(8-10)9-18-13-14-6-7-15(13)19(3,16)17/h4-5,8H,6-7,9H2,1-3H3. The molecule has 6 heteroatoms.